The van der Waals surface area contributed by atoms with E-state index in [1.165, 1.54) is 0 Å². The molecule has 0 aliphatic carbocycles. The van der Waals surface area contributed by atoms with Crippen LogP contribution < -0.4 is 10.6 Å². The third-order valence-corrected chi connectivity index (χ3v) is 2.79. The van der Waals surface area contributed by atoms with Crippen LogP contribution in [-0.4, -0.2) is 55.2 Å². The van der Waals surface area contributed by atoms with E-state index in [2.05, 4.69) is 10.6 Å². The van der Waals surface area contributed by atoms with Gasteiger partial charge in [0, 0.05) is 19.6 Å². The number of nitrogens with zero attached hydrogens (tertiary/aromatic N) is 1. The van der Waals surface area contributed by atoms with Crippen molar-refractivity contribution in [3.05, 3.63) is 0 Å². The Bertz CT molecular complexity index is 310. The van der Waals surface area contributed by atoms with E-state index in [0.717, 1.165) is 0 Å². The molecule has 3 amide bonds. The van der Waals surface area contributed by atoms with E-state index in [1.807, 2.05) is 32.6 Å². The van der Waals surface area contributed by atoms with Gasteiger partial charge >= 0.3 is 6.03 Å². The second-order valence-electron chi connectivity index (χ2n) is 5.60. The van der Waals surface area contributed by atoms with E-state index in [-0.39, 0.29) is 24.7 Å². The Balaban J connectivity index is 2.28. The number of hydrogen-bond acceptors (Lipinski definition) is 4. The van der Waals surface area contributed by atoms with Crippen LogP contribution in [0.25, 0.3) is 0 Å². The fourth-order valence-electron chi connectivity index (χ4n) is 2.12. The minimum Gasteiger partial charge on any atom is -0.373 e. The summed E-state index contributed by atoms with van der Waals surface area (Å²) in [7, 11) is 0. The van der Waals surface area contributed by atoms with Gasteiger partial charge in [0.2, 0.25) is 5.91 Å². The molecular weight excluding hydrogens is 246 g/mol. The van der Waals surface area contributed by atoms with Crippen LogP contribution in [0.4, 0.5) is 4.79 Å². The fraction of sp³-hybridized carbons (Fsp3) is 0.846. The number of urea groups is 1. The topological polar surface area (TPSA) is 70.7 Å². The molecule has 2 unspecified atom stereocenters. The van der Waals surface area contributed by atoms with Crippen molar-refractivity contribution in [1.82, 2.24) is 15.5 Å². The average Bonchev–Trinajstić information content (AvgIpc) is 2.24. The number of nitrogens with one attached hydrogen (secondary N) is 2. The standard InChI is InChI=1S/C13H25N3O3/c1-9(2)5-14-13(18)15-12(17)8-16-6-10(3)19-11(4)7-16/h9-11H,5-8H2,1-4H3,(H2,14,15,17,18). The summed E-state index contributed by atoms with van der Waals surface area (Å²) in [6, 6.07) is -0.423. The number of rotatable bonds is 4. The highest BCUT2D eigenvalue weighted by atomic mass is 16.5. The lowest BCUT2D eigenvalue weighted by atomic mass is 10.2. The molecule has 19 heavy (non-hydrogen) atoms. The van der Waals surface area contributed by atoms with Crippen LogP contribution in [0, 0.1) is 5.92 Å². The summed E-state index contributed by atoms with van der Waals surface area (Å²) >= 11 is 0. The van der Waals surface area contributed by atoms with Crippen LogP contribution in [0.1, 0.15) is 27.7 Å². The maximum absolute atomic E-state index is 11.7. The van der Waals surface area contributed by atoms with Gasteiger partial charge in [0.05, 0.1) is 18.8 Å². The predicted octanol–water partition coefficient (Wildman–Crippen LogP) is 0.577. The third-order valence-electron chi connectivity index (χ3n) is 2.79. The molecule has 0 aromatic rings. The number of ether oxygens (including phenoxy) is 1. The van der Waals surface area contributed by atoms with Crippen molar-refractivity contribution in [3.8, 4) is 0 Å². The molecule has 0 spiro atoms. The van der Waals surface area contributed by atoms with Gasteiger partial charge in [-0.25, -0.2) is 4.79 Å². The number of carbonyl (C=O) groups excluding carboxylic acids is 2. The lowest BCUT2D eigenvalue weighted by Gasteiger charge is -2.34. The molecule has 1 aliphatic heterocycles. The second-order valence-corrected chi connectivity index (χ2v) is 5.60. The number of carbonyl (C=O) groups is 2. The first kappa shape index (κ1) is 15.9. The second kappa shape index (κ2) is 7.45. The molecule has 1 fully saturated rings. The van der Waals surface area contributed by atoms with Gasteiger partial charge < -0.3 is 10.1 Å². The summed E-state index contributed by atoms with van der Waals surface area (Å²) in [5.41, 5.74) is 0. The smallest absolute Gasteiger partial charge is 0.321 e. The third kappa shape index (κ3) is 6.54. The lowest BCUT2D eigenvalue weighted by Crippen LogP contribution is -2.51. The molecule has 2 atom stereocenters. The molecule has 0 aromatic carbocycles. The maximum Gasteiger partial charge on any atom is 0.321 e. The van der Waals surface area contributed by atoms with E-state index in [0.29, 0.717) is 25.6 Å². The fourth-order valence-corrected chi connectivity index (χ4v) is 2.12. The molecule has 1 saturated heterocycles. The van der Waals surface area contributed by atoms with Crippen molar-refractivity contribution in [2.45, 2.75) is 39.9 Å². The largest absolute Gasteiger partial charge is 0.373 e. The highest BCUT2D eigenvalue weighted by Crippen LogP contribution is 2.09. The first-order valence-corrected chi connectivity index (χ1v) is 6.82. The molecule has 110 valence electrons. The van der Waals surface area contributed by atoms with Crippen molar-refractivity contribution >= 4 is 11.9 Å². The van der Waals surface area contributed by atoms with Crippen LogP contribution in [0.5, 0.6) is 0 Å². The highest BCUT2D eigenvalue weighted by Gasteiger charge is 2.24. The SMILES string of the molecule is CC(C)CNC(=O)NC(=O)CN1CC(C)OC(C)C1. The Morgan fingerprint density at radius 2 is 1.84 bits per heavy atom. The van der Waals surface area contributed by atoms with Crippen molar-refractivity contribution in [1.29, 1.82) is 0 Å². The van der Waals surface area contributed by atoms with Crippen molar-refractivity contribution < 1.29 is 14.3 Å². The molecule has 0 radical (unpaired) electrons. The van der Waals surface area contributed by atoms with Gasteiger partial charge in [-0.05, 0) is 19.8 Å². The Labute approximate surface area is 114 Å². The lowest BCUT2D eigenvalue weighted by molar-refractivity contribution is -0.124. The zero-order valence-corrected chi connectivity index (χ0v) is 12.2. The maximum atomic E-state index is 11.7. The Morgan fingerprint density at radius 3 is 2.37 bits per heavy atom. The van der Waals surface area contributed by atoms with Crippen LogP contribution in [0.3, 0.4) is 0 Å². The number of imide groups is 1. The van der Waals surface area contributed by atoms with Crippen LogP contribution >= 0.6 is 0 Å². The first-order valence-electron chi connectivity index (χ1n) is 6.82. The van der Waals surface area contributed by atoms with Gasteiger partial charge in [-0.15, -0.1) is 0 Å². The zero-order valence-electron chi connectivity index (χ0n) is 12.2. The minimum absolute atomic E-state index is 0.117. The van der Waals surface area contributed by atoms with Crippen LogP contribution in [0.2, 0.25) is 0 Å². The van der Waals surface area contributed by atoms with Crippen molar-refractivity contribution in [3.63, 3.8) is 0 Å². The average molecular weight is 271 g/mol. The van der Waals surface area contributed by atoms with E-state index < -0.39 is 6.03 Å². The highest BCUT2D eigenvalue weighted by molar-refractivity contribution is 5.95. The molecule has 1 rings (SSSR count). The molecule has 0 aromatic heterocycles. The summed E-state index contributed by atoms with van der Waals surface area (Å²) in [5, 5.41) is 4.99. The zero-order chi connectivity index (χ0) is 14.4. The predicted molar refractivity (Wildman–Crippen MR) is 72.8 cm³/mol. The number of morpholine rings is 1. The summed E-state index contributed by atoms with van der Waals surface area (Å²) in [5.74, 6) is 0.0874. The van der Waals surface area contributed by atoms with Crippen molar-refractivity contribution in [2.75, 3.05) is 26.2 Å². The van der Waals surface area contributed by atoms with Crippen molar-refractivity contribution in [2.24, 2.45) is 5.92 Å². The van der Waals surface area contributed by atoms with Crippen LogP contribution in [-0.2, 0) is 9.53 Å². The molecular formula is C13H25N3O3. The van der Waals surface area contributed by atoms with E-state index in [9.17, 15) is 9.59 Å². The monoisotopic (exact) mass is 271 g/mol. The van der Waals surface area contributed by atoms with Gasteiger partial charge in [0.1, 0.15) is 0 Å². The van der Waals surface area contributed by atoms with Gasteiger partial charge in [-0.2, -0.15) is 0 Å². The van der Waals surface area contributed by atoms with E-state index in [4.69, 9.17) is 4.74 Å². The Kier molecular flexibility index (Phi) is 6.24. The quantitative estimate of drug-likeness (QED) is 0.784. The van der Waals surface area contributed by atoms with Gasteiger partial charge in [0.15, 0.2) is 0 Å². The normalized spacial score (nSPS) is 24.3. The molecule has 2 N–H and O–H groups in total. The summed E-state index contributed by atoms with van der Waals surface area (Å²) < 4.78 is 5.59. The van der Waals surface area contributed by atoms with Gasteiger partial charge in [-0.1, -0.05) is 13.8 Å². The van der Waals surface area contributed by atoms with E-state index >= 15 is 0 Å². The summed E-state index contributed by atoms with van der Waals surface area (Å²) in [6.45, 7) is 10.2. The Hall–Kier alpha value is -1.14. The molecule has 0 saturated carbocycles. The van der Waals surface area contributed by atoms with Crippen LogP contribution in [0.15, 0.2) is 0 Å². The molecule has 6 heteroatoms. The summed E-state index contributed by atoms with van der Waals surface area (Å²) in [4.78, 5) is 25.2. The molecule has 1 aliphatic rings. The Morgan fingerprint density at radius 1 is 1.26 bits per heavy atom. The van der Waals surface area contributed by atoms with Gasteiger partial charge in [0.25, 0.3) is 0 Å². The number of amides is 3. The van der Waals surface area contributed by atoms with Gasteiger partial charge in [-0.3, -0.25) is 15.0 Å². The molecule has 0 bridgehead atoms. The molecule has 6 nitrogen and oxygen atoms in total. The molecule has 1 heterocycles. The first-order chi connectivity index (χ1) is 8.86. The minimum atomic E-state index is -0.423. The summed E-state index contributed by atoms with van der Waals surface area (Å²) in [6.07, 6.45) is 0.234. The van der Waals surface area contributed by atoms with E-state index in [1.54, 1.807) is 0 Å². The number of hydrogen-bond donors (Lipinski definition) is 2.